The van der Waals surface area contributed by atoms with E-state index in [1.54, 1.807) is 0 Å². The predicted molar refractivity (Wildman–Crippen MR) is 79.1 cm³/mol. The van der Waals surface area contributed by atoms with E-state index in [1.165, 1.54) is 42.4 Å². The number of fused-ring (bicyclic) bond motifs is 1. The SMILES string of the molecule is CCc1ccc(CC)c(C(O)C2C3CCCCC32)c1. The summed E-state index contributed by atoms with van der Waals surface area (Å²) in [6.45, 7) is 4.38. The second-order valence-corrected chi connectivity index (χ2v) is 6.37. The Bertz CT molecular complexity index is 439. The molecule has 2 saturated carbocycles. The van der Waals surface area contributed by atoms with Crippen LogP contribution in [-0.2, 0) is 12.8 Å². The highest BCUT2D eigenvalue weighted by Crippen LogP contribution is 2.60. The summed E-state index contributed by atoms with van der Waals surface area (Å²) in [4.78, 5) is 0. The van der Waals surface area contributed by atoms with Gasteiger partial charge in [-0.05, 0) is 60.1 Å². The molecule has 0 aromatic heterocycles. The van der Waals surface area contributed by atoms with Gasteiger partial charge in [0, 0.05) is 0 Å². The van der Waals surface area contributed by atoms with Crippen LogP contribution in [-0.4, -0.2) is 5.11 Å². The molecule has 2 fully saturated rings. The van der Waals surface area contributed by atoms with Gasteiger partial charge in [0.2, 0.25) is 0 Å². The molecule has 0 bridgehead atoms. The highest BCUT2D eigenvalue weighted by Gasteiger charge is 2.54. The lowest BCUT2D eigenvalue weighted by molar-refractivity contribution is 0.141. The molecule has 0 heterocycles. The molecule has 1 aromatic carbocycles. The molecule has 2 aliphatic carbocycles. The van der Waals surface area contributed by atoms with Gasteiger partial charge in [-0.1, -0.05) is 44.9 Å². The molecule has 3 atom stereocenters. The fraction of sp³-hybridized carbons (Fsp3) is 0.667. The number of aliphatic hydroxyl groups is 1. The number of rotatable bonds is 4. The summed E-state index contributed by atoms with van der Waals surface area (Å²) in [5.41, 5.74) is 3.92. The van der Waals surface area contributed by atoms with Crippen LogP contribution in [0.25, 0.3) is 0 Å². The number of benzene rings is 1. The fourth-order valence-corrected chi connectivity index (χ4v) is 4.19. The zero-order valence-corrected chi connectivity index (χ0v) is 12.2. The zero-order valence-electron chi connectivity index (χ0n) is 12.2. The van der Waals surface area contributed by atoms with Crippen molar-refractivity contribution in [3.63, 3.8) is 0 Å². The van der Waals surface area contributed by atoms with Gasteiger partial charge in [-0.3, -0.25) is 0 Å². The Kier molecular flexibility index (Phi) is 3.66. The Hall–Kier alpha value is -0.820. The lowest BCUT2D eigenvalue weighted by Crippen LogP contribution is -2.06. The van der Waals surface area contributed by atoms with Gasteiger partial charge in [0.05, 0.1) is 6.10 Å². The van der Waals surface area contributed by atoms with Crippen molar-refractivity contribution < 1.29 is 5.11 Å². The second-order valence-electron chi connectivity index (χ2n) is 6.37. The van der Waals surface area contributed by atoms with E-state index in [1.807, 2.05) is 0 Å². The molecular formula is C18H26O. The van der Waals surface area contributed by atoms with Crippen molar-refractivity contribution in [3.8, 4) is 0 Å². The van der Waals surface area contributed by atoms with Crippen LogP contribution in [0.15, 0.2) is 18.2 Å². The van der Waals surface area contributed by atoms with E-state index in [4.69, 9.17) is 0 Å². The minimum Gasteiger partial charge on any atom is -0.388 e. The number of aliphatic hydroxyl groups excluding tert-OH is 1. The van der Waals surface area contributed by atoms with Crippen molar-refractivity contribution >= 4 is 0 Å². The van der Waals surface area contributed by atoms with Gasteiger partial charge < -0.3 is 5.11 Å². The van der Waals surface area contributed by atoms with E-state index in [2.05, 4.69) is 32.0 Å². The van der Waals surface area contributed by atoms with Gasteiger partial charge in [-0.2, -0.15) is 0 Å². The normalized spacial score (nSPS) is 30.8. The summed E-state index contributed by atoms with van der Waals surface area (Å²) in [5.74, 6) is 2.19. The maximum absolute atomic E-state index is 10.8. The average molecular weight is 258 g/mol. The number of hydrogen-bond donors (Lipinski definition) is 1. The summed E-state index contributed by atoms with van der Waals surface area (Å²) >= 11 is 0. The Labute approximate surface area is 117 Å². The predicted octanol–water partition coefficient (Wildman–Crippen LogP) is 4.28. The maximum Gasteiger partial charge on any atom is 0.0826 e. The average Bonchev–Trinajstić information content (AvgIpc) is 3.20. The van der Waals surface area contributed by atoms with Crippen LogP contribution in [0.3, 0.4) is 0 Å². The summed E-state index contributed by atoms with van der Waals surface area (Å²) in [6.07, 6.45) is 7.32. The van der Waals surface area contributed by atoms with Gasteiger partial charge in [0.1, 0.15) is 0 Å². The molecule has 19 heavy (non-hydrogen) atoms. The van der Waals surface area contributed by atoms with Crippen LogP contribution in [0, 0.1) is 17.8 Å². The van der Waals surface area contributed by atoms with Crippen LogP contribution < -0.4 is 0 Å². The largest absolute Gasteiger partial charge is 0.388 e. The molecule has 0 aliphatic heterocycles. The van der Waals surface area contributed by atoms with Crippen LogP contribution in [0.2, 0.25) is 0 Å². The van der Waals surface area contributed by atoms with Crippen molar-refractivity contribution in [2.45, 2.75) is 58.5 Å². The van der Waals surface area contributed by atoms with Crippen molar-refractivity contribution in [1.29, 1.82) is 0 Å². The Morgan fingerprint density at radius 1 is 1.11 bits per heavy atom. The molecule has 3 unspecified atom stereocenters. The smallest absolute Gasteiger partial charge is 0.0826 e. The van der Waals surface area contributed by atoms with E-state index >= 15 is 0 Å². The summed E-state index contributed by atoms with van der Waals surface area (Å²) < 4.78 is 0. The monoisotopic (exact) mass is 258 g/mol. The minimum absolute atomic E-state index is 0.213. The maximum atomic E-state index is 10.8. The van der Waals surface area contributed by atoms with Crippen LogP contribution in [0.5, 0.6) is 0 Å². The fourth-order valence-electron chi connectivity index (χ4n) is 4.19. The van der Waals surface area contributed by atoms with Gasteiger partial charge in [0.25, 0.3) is 0 Å². The van der Waals surface area contributed by atoms with Gasteiger partial charge in [-0.25, -0.2) is 0 Å². The first kappa shape index (κ1) is 13.2. The first-order chi connectivity index (χ1) is 9.26. The third-order valence-corrected chi connectivity index (χ3v) is 5.41. The minimum atomic E-state index is -0.213. The summed E-state index contributed by atoms with van der Waals surface area (Å²) in [6, 6.07) is 6.70. The second kappa shape index (κ2) is 5.28. The molecule has 0 saturated heterocycles. The lowest BCUT2D eigenvalue weighted by Gasteiger charge is -2.16. The van der Waals surface area contributed by atoms with E-state index in [-0.39, 0.29) is 6.10 Å². The van der Waals surface area contributed by atoms with Gasteiger partial charge in [-0.15, -0.1) is 0 Å². The number of aryl methyl sites for hydroxylation is 2. The molecule has 0 amide bonds. The molecule has 1 N–H and O–H groups in total. The van der Waals surface area contributed by atoms with Crippen LogP contribution in [0.1, 0.15) is 62.3 Å². The molecular weight excluding hydrogens is 232 g/mol. The highest BCUT2D eigenvalue weighted by atomic mass is 16.3. The molecule has 2 aliphatic rings. The molecule has 3 rings (SSSR count). The molecule has 1 aromatic rings. The summed E-state index contributed by atoms with van der Waals surface area (Å²) in [5, 5.41) is 10.8. The highest BCUT2D eigenvalue weighted by molar-refractivity contribution is 5.35. The Morgan fingerprint density at radius 3 is 2.37 bits per heavy atom. The molecule has 1 nitrogen and oxygen atoms in total. The topological polar surface area (TPSA) is 20.2 Å². The van der Waals surface area contributed by atoms with Crippen molar-refractivity contribution in [2.24, 2.45) is 17.8 Å². The molecule has 0 radical (unpaired) electrons. The van der Waals surface area contributed by atoms with E-state index in [0.29, 0.717) is 5.92 Å². The van der Waals surface area contributed by atoms with Crippen molar-refractivity contribution in [3.05, 3.63) is 34.9 Å². The molecule has 104 valence electrons. The van der Waals surface area contributed by atoms with Crippen LogP contribution in [0.4, 0.5) is 0 Å². The zero-order chi connectivity index (χ0) is 13.4. The van der Waals surface area contributed by atoms with E-state index < -0.39 is 0 Å². The third-order valence-electron chi connectivity index (χ3n) is 5.41. The first-order valence-electron chi connectivity index (χ1n) is 8.06. The first-order valence-corrected chi connectivity index (χ1v) is 8.06. The third kappa shape index (κ3) is 2.33. The van der Waals surface area contributed by atoms with E-state index in [0.717, 1.165) is 24.7 Å². The Morgan fingerprint density at radius 2 is 1.79 bits per heavy atom. The standard InChI is InChI=1S/C18H26O/c1-3-12-9-10-13(4-2)16(11-12)18(19)17-14-7-5-6-8-15(14)17/h9-11,14-15,17-19H,3-8H2,1-2H3. The molecule has 0 spiro atoms. The van der Waals surface area contributed by atoms with Gasteiger partial charge in [0.15, 0.2) is 0 Å². The lowest BCUT2D eigenvalue weighted by atomic mass is 9.93. The molecule has 1 heteroatoms. The van der Waals surface area contributed by atoms with E-state index in [9.17, 15) is 5.11 Å². The summed E-state index contributed by atoms with van der Waals surface area (Å²) in [7, 11) is 0. The van der Waals surface area contributed by atoms with Crippen molar-refractivity contribution in [2.75, 3.05) is 0 Å². The van der Waals surface area contributed by atoms with Crippen LogP contribution >= 0.6 is 0 Å². The van der Waals surface area contributed by atoms with Gasteiger partial charge >= 0.3 is 0 Å². The number of hydrogen-bond acceptors (Lipinski definition) is 1. The quantitative estimate of drug-likeness (QED) is 0.854. The Balaban J connectivity index is 1.84. The van der Waals surface area contributed by atoms with Crippen molar-refractivity contribution in [1.82, 2.24) is 0 Å².